The monoisotopic (exact) mass is 868 g/mol. The van der Waals surface area contributed by atoms with E-state index in [9.17, 15) is 30.0 Å². The first-order valence-electron chi connectivity index (χ1n) is 24.8. The average Bonchev–Trinajstić information content (AvgIpc) is 3.73. The smallest absolute Gasteiger partial charge is 0.303 e. The second-order valence-electron chi connectivity index (χ2n) is 22.7. The molecule has 6 fully saturated rings. The van der Waals surface area contributed by atoms with Crippen molar-refractivity contribution in [1.82, 2.24) is 0 Å². The molecule has 0 spiro atoms. The highest BCUT2D eigenvalue weighted by atomic mass is 19.1. The van der Waals surface area contributed by atoms with Gasteiger partial charge < -0.3 is 30.1 Å². The average molecular weight is 868 g/mol. The zero-order chi connectivity index (χ0) is 44.8. The Hall–Kier alpha value is -3.03. The molecule has 0 heterocycles. The number of likely N-dealkylation sites (N-methyl/N-ethyl adjacent to an activating group) is 1. The van der Waals surface area contributed by atoms with Gasteiger partial charge in [0.15, 0.2) is 5.78 Å². The molecule has 8 nitrogen and oxygen atoms in total. The Morgan fingerprint density at radius 2 is 1.79 bits per heavy atom. The summed E-state index contributed by atoms with van der Waals surface area (Å²) in [6.45, 7) is 11.8. The van der Waals surface area contributed by atoms with Crippen LogP contribution in [0, 0.1) is 81.2 Å². The molecule has 8 aliphatic rings. The molecule has 1 aromatic rings. The molecule has 8 aliphatic carbocycles. The van der Waals surface area contributed by atoms with Crippen LogP contribution in [0.15, 0.2) is 41.0 Å². The Morgan fingerprint density at radius 3 is 2.54 bits per heavy atom. The van der Waals surface area contributed by atoms with Crippen molar-refractivity contribution in [2.75, 3.05) is 25.1 Å². The van der Waals surface area contributed by atoms with Crippen molar-refractivity contribution >= 4 is 17.4 Å². The number of benzene rings is 1. The zero-order valence-corrected chi connectivity index (χ0v) is 38.8. The first-order valence-corrected chi connectivity index (χ1v) is 24.8. The van der Waals surface area contributed by atoms with Crippen LogP contribution >= 0.6 is 0 Å². The molecule has 0 aliphatic heterocycles. The second kappa shape index (κ2) is 16.7. The van der Waals surface area contributed by atoms with Gasteiger partial charge in [0.05, 0.1) is 30.6 Å². The minimum absolute atomic E-state index is 0.0119. The van der Waals surface area contributed by atoms with E-state index in [0.29, 0.717) is 62.8 Å². The number of ketones is 1. The maximum atomic E-state index is 16.5. The Labute approximate surface area is 375 Å². The number of rotatable bonds is 10. The van der Waals surface area contributed by atoms with Gasteiger partial charge in [-0.05, 0) is 190 Å². The van der Waals surface area contributed by atoms with Gasteiger partial charge >= 0.3 is 5.97 Å². The van der Waals surface area contributed by atoms with Crippen molar-refractivity contribution in [3.63, 3.8) is 0 Å². The van der Waals surface area contributed by atoms with E-state index in [1.54, 1.807) is 13.0 Å². The number of hydrogen-bond acceptors (Lipinski definition) is 7. The number of carboxylic acid groups (broad SMARTS) is 1. The van der Waals surface area contributed by atoms with E-state index in [-0.39, 0.29) is 76.4 Å². The summed E-state index contributed by atoms with van der Waals surface area (Å²) in [5.41, 5.74) is 3.50. The Kier molecular flexibility index (Phi) is 12.0. The first-order chi connectivity index (χ1) is 29.9. The number of aliphatic hydroxyl groups is 3. The number of carbonyl (C=O) groups excluding carboxylic acids is 1. The van der Waals surface area contributed by atoms with Crippen LogP contribution in [-0.2, 0) is 14.3 Å². The highest BCUT2D eigenvalue weighted by Gasteiger charge is 2.66. The number of halogens is 1. The van der Waals surface area contributed by atoms with Crippen molar-refractivity contribution in [3.05, 3.63) is 52.4 Å². The summed E-state index contributed by atoms with van der Waals surface area (Å²) >= 11 is 0. The summed E-state index contributed by atoms with van der Waals surface area (Å²) in [6, 6.07) is 5.71. The molecule has 0 unspecified atom stereocenters. The fourth-order valence-corrected chi connectivity index (χ4v) is 16.7. The van der Waals surface area contributed by atoms with Crippen molar-refractivity contribution in [1.29, 1.82) is 0 Å². The van der Waals surface area contributed by atoms with Gasteiger partial charge in [-0.2, -0.15) is 0 Å². The number of aliphatic carboxylic acids is 1. The van der Waals surface area contributed by atoms with Crippen LogP contribution in [0.1, 0.15) is 149 Å². The van der Waals surface area contributed by atoms with E-state index in [1.807, 2.05) is 24.1 Å². The summed E-state index contributed by atoms with van der Waals surface area (Å²) in [7, 11) is 1.92. The van der Waals surface area contributed by atoms with Crippen LogP contribution in [0.3, 0.4) is 0 Å². The number of ether oxygens (including phenoxy) is 1. The summed E-state index contributed by atoms with van der Waals surface area (Å²) in [6.07, 6.45) is 13.3. The predicted molar refractivity (Wildman–Crippen MR) is 242 cm³/mol. The third kappa shape index (κ3) is 7.30. The van der Waals surface area contributed by atoms with Gasteiger partial charge in [0.2, 0.25) is 0 Å². The van der Waals surface area contributed by atoms with Crippen molar-refractivity contribution < 1.29 is 39.1 Å². The molecule has 6 saturated carbocycles. The summed E-state index contributed by atoms with van der Waals surface area (Å²) in [5, 5.41) is 45.3. The highest BCUT2D eigenvalue weighted by molar-refractivity contribution is 5.93. The quantitative estimate of drug-likeness (QED) is 0.172. The minimum atomic E-state index is -1.08. The Morgan fingerprint density at radius 1 is 1.00 bits per heavy atom. The van der Waals surface area contributed by atoms with E-state index in [0.717, 1.165) is 75.3 Å². The zero-order valence-electron chi connectivity index (χ0n) is 38.8. The number of allylic oxidation sites excluding steroid dienone is 4. The number of aliphatic hydroxyl groups excluding tert-OH is 2. The fourth-order valence-electron chi connectivity index (χ4n) is 16.7. The van der Waals surface area contributed by atoms with Crippen LogP contribution < -0.4 is 4.90 Å². The minimum Gasteiger partial charge on any atom is -0.481 e. The standard InChI is InChI=1S/C54H74FNO7/c1-7-20-54(62)22-19-41-38-12-9-32-25-35(57)11-13-37(32)49(38)39(30-52(41,54)4)33-10-16-45(44(55)26-33)56(6)23-24-63-36-18-21-51(3)34(27-36)28-46(58)50-42-15-14-40(31(2)8-17-48(60)61)53(42,5)47(59)29-43(50)51/h10,16,25-26,31,34,36,38-43,46-47,50,58-59,62H,8-9,11-15,17-19,21-24,27-30H2,1-6H3,(H,60,61)/t31-,34+,36+,38+,39-,40-,41+,42+,43+,46-,47+,50+,51+,52+,53-,54-/m1/s1. The number of nitrogens with zero attached hydrogens (tertiary/aromatic N) is 1. The van der Waals surface area contributed by atoms with Crippen LogP contribution in [-0.4, -0.2) is 76.3 Å². The normalized spacial score (nSPS) is 43.2. The number of carboxylic acids is 1. The third-order valence-corrected chi connectivity index (χ3v) is 20.1. The van der Waals surface area contributed by atoms with Crippen LogP contribution in [0.5, 0.6) is 0 Å². The molecule has 0 radical (unpaired) electrons. The molecular formula is C54H74FNO7. The molecule has 4 N–H and O–H groups in total. The third-order valence-electron chi connectivity index (χ3n) is 20.1. The van der Waals surface area contributed by atoms with E-state index in [4.69, 9.17) is 4.74 Å². The molecule has 16 atom stereocenters. The molecule has 0 saturated heterocycles. The highest BCUT2D eigenvalue weighted by Crippen LogP contribution is 2.69. The van der Waals surface area contributed by atoms with E-state index < -0.39 is 29.2 Å². The van der Waals surface area contributed by atoms with Crippen molar-refractivity contribution in [3.8, 4) is 11.8 Å². The lowest BCUT2D eigenvalue weighted by molar-refractivity contribution is -0.209. The lowest BCUT2D eigenvalue weighted by Gasteiger charge is -2.63. The lowest BCUT2D eigenvalue weighted by atomic mass is 9.43. The Bertz CT molecular complexity index is 2100. The van der Waals surface area contributed by atoms with E-state index in [2.05, 4.69) is 45.6 Å². The van der Waals surface area contributed by atoms with Gasteiger partial charge in [0, 0.05) is 37.8 Å². The number of anilines is 1. The summed E-state index contributed by atoms with van der Waals surface area (Å²) in [4.78, 5) is 25.9. The Balaban J connectivity index is 0.857. The molecule has 63 heavy (non-hydrogen) atoms. The van der Waals surface area contributed by atoms with E-state index in [1.165, 1.54) is 11.1 Å². The first kappa shape index (κ1) is 45.1. The van der Waals surface area contributed by atoms with Gasteiger partial charge in [0.25, 0.3) is 0 Å². The molecule has 344 valence electrons. The van der Waals surface area contributed by atoms with Gasteiger partial charge in [0.1, 0.15) is 11.4 Å². The molecule has 0 bridgehead atoms. The fraction of sp³-hybridized carbons (Fsp3) is 0.741. The molecule has 0 amide bonds. The van der Waals surface area contributed by atoms with Crippen LogP contribution in [0.4, 0.5) is 10.1 Å². The van der Waals surface area contributed by atoms with Gasteiger partial charge in [-0.1, -0.05) is 45.3 Å². The number of fused-ring (bicyclic) bond motifs is 9. The largest absolute Gasteiger partial charge is 0.481 e. The molecule has 9 heteroatoms. The van der Waals surface area contributed by atoms with Gasteiger partial charge in [-0.3, -0.25) is 9.59 Å². The predicted octanol–water partition coefficient (Wildman–Crippen LogP) is 9.40. The van der Waals surface area contributed by atoms with Crippen molar-refractivity contribution in [2.24, 2.45) is 63.6 Å². The molecule has 0 aromatic heterocycles. The molecular weight excluding hydrogens is 794 g/mol. The molecule has 9 rings (SSSR count). The summed E-state index contributed by atoms with van der Waals surface area (Å²) < 4.78 is 23.0. The maximum absolute atomic E-state index is 16.5. The summed E-state index contributed by atoms with van der Waals surface area (Å²) in [5.74, 6) is 7.31. The van der Waals surface area contributed by atoms with Crippen molar-refractivity contribution in [2.45, 2.75) is 167 Å². The van der Waals surface area contributed by atoms with Gasteiger partial charge in [-0.25, -0.2) is 4.39 Å². The number of carbonyl (C=O) groups is 2. The SMILES string of the molecule is CC#C[C@@]1(O)CC[C@H]2[C@@H]3CCC4=CC(=O)CCC4=C3[C@@H](c3ccc(N(C)CCO[C@H]4CC[C@@]5(C)[C@@H](C4)C[C@@H](O)[C@@H]4[C@@H]5C[C@H](O)[C@]5(C)[C@@H]([C@H](C)CCC(=O)O)CC[C@@H]45)c(F)c3)C[C@@]21C. The topological polar surface area (TPSA) is 128 Å². The second-order valence-corrected chi connectivity index (χ2v) is 22.7. The van der Waals surface area contributed by atoms with Crippen LogP contribution in [0.25, 0.3) is 0 Å². The maximum Gasteiger partial charge on any atom is 0.303 e. The van der Waals surface area contributed by atoms with Gasteiger partial charge in [-0.15, -0.1) is 5.92 Å². The van der Waals surface area contributed by atoms with Crippen LogP contribution in [0.2, 0.25) is 0 Å². The molecule has 1 aromatic carbocycles. The lowest BCUT2D eigenvalue weighted by Crippen LogP contribution is -2.62. The number of hydrogen-bond donors (Lipinski definition) is 4. The van der Waals surface area contributed by atoms with E-state index >= 15 is 4.39 Å².